The van der Waals surface area contributed by atoms with E-state index in [1.807, 2.05) is 30.3 Å². The fraction of sp³-hybridized carbons (Fsp3) is 0.348. The molecule has 1 amide bonds. The highest BCUT2D eigenvalue weighted by Crippen LogP contribution is 2.41. The number of carbonyl (C=O) groups is 1. The summed E-state index contributed by atoms with van der Waals surface area (Å²) in [5, 5.41) is 11.4. The second kappa shape index (κ2) is 9.52. The molecule has 9 heteroatoms. The van der Waals surface area contributed by atoms with Crippen molar-refractivity contribution in [2.75, 3.05) is 27.1 Å². The van der Waals surface area contributed by atoms with Crippen molar-refractivity contribution in [3.63, 3.8) is 0 Å². The third-order valence-corrected chi connectivity index (χ3v) is 6.22. The predicted octanol–water partition coefficient (Wildman–Crippen LogP) is 2.39. The first-order valence-corrected chi connectivity index (χ1v) is 11.4. The molecule has 0 aliphatic carbocycles. The molecule has 1 atom stereocenters. The summed E-state index contributed by atoms with van der Waals surface area (Å²) in [6.45, 7) is 2.13. The van der Waals surface area contributed by atoms with Crippen molar-refractivity contribution in [3.05, 3.63) is 52.5 Å². The quantitative estimate of drug-likeness (QED) is 0.647. The van der Waals surface area contributed by atoms with Gasteiger partial charge in [0.1, 0.15) is 11.4 Å². The van der Waals surface area contributed by atoms with Crippen LogP contribution >= 0.6 is 11.8 Å². The molecule has 2 aliphatic heterocycles. The first kappa shape index (κ1) is 22.0. The van der Waals surface area contributed by atoms with Crippen molar-refractivity contribution in [1.29, 1.82) is 0 Å². The molecular weight excluding hydrogens is 428 g/mol. The van der Waals surface area contributed by atoms with E-state index < -0.39 is 6.17 Å². The van der Waals surface area contributed by atoms with E-state index in [9.17, 15) is 4.79 Å². The summed E-state index contributed by atoms with van der Waals surface area (Å²) >= 11 is 1.53. The summed E-state index contributed by atoms with van der Waals surface area (Å²) in [6, 6.07) is 11.1. The molecule has 2 aliphatic rings. The van der Waals surface area contributed by atoms with Crippen molar-refractivity contribution in [3.8, 4) is 17.2 Å². The number of para-hydroxylation sites is 1. The summed E-state index contributed by atoms with van der Waals surface area (Å²) in [7, 11) is 4.74. The first-order valence-electron chi connectivity index (χ1n) is 10.4. The number of hydrogen-bond acceptors (Lipinski definition) is 8. The molecule has 0 spiro atoms. The third kappa shape index (κ3) is 4.00. The zero-order chi connectivity index (χ0) is 22.7. The maximum atomic E-state index is 13.2. The molecule has 2 heterocycles. The summed E-state index contributed by atoms with van der Waals surface area (Å²) in [5.41, 5.74) is 1.17. The molecule has 32 heavy (non-hydrogen) atoms. The number of carbonyl (C=O) groups excluding carboxylic acids is 1. The number of amidine groups is 1. The van der Waals surface area contributed by atoms with Gasteiger partial charge in [0.2, 0.25) is 0 Å². The molecule has 0 saturated carbocycles. The standard InChI is InChI=1S/C23H26N4O4S/c1-5-6-11-32-23-25-22(28)20-14-9-7-8-10-16(14)24-21(27(20)26-23)15-12-18(30-3)19(31-4)13-17(15)29-2/h7-10,12-13,21H,5-6,11H2,1-4H3,(H,25,26,28). The van der Waals surface area contributed by atoms with Gasteiger partial charge < -0.3 is 14.2 Å². The average molecular weight is 455 g/mol. The zero-order valence-corrected chi connectivity index (χ0v) is 19.4. The number of nitrogens with zero attached hydrogens (tertiary/aromatic N) is 3. The number of fused-ring (bicyclic) bond motifs is 2. The van der Waals surface area contributed by atoms with E-state index in [-0.39, 0.29) is 5.91 Å². The van der Waals surface area contributed by atoms with Crippen molar-refractivity contribution < 1.29 is 19.0 Å². The van der Waals surface area contributed by atoms with Crippen LogP contribution < -0.4 is 30.1 Å². The Labute approximate surface area is 190 Å². The molecule has 8 nitrogen and oxygen atoms in total. The van der Waals surface area contributed by atoms with Gasteiger partial charge in [0.25, 0.3) is 5.91 Å². The Morgan fingerprint density at radius 3 is 2.50 bits per heavy atom. The van der Waals surface area contributed by atoms with E-state index >= 15 is 0 Å². The van der Waals surface area contributed by atoms with E-state index in [2.05, 4.69) is 12.2 Å². The summed E-state index contributed by atoms with van der Waals surface area (Å²) in [5.74, 6) is 2.32. The highest BCUT2D eigenvalue weighted by Gasteiger charge is 2.36. The van der Waals surface area contributed by atoms with Crippen LogP contribution in [0.3, 0.4) is 0 Å². The van der Waals surface area contributed by atoms with Crippen molar-refractivity contribution >= 4 is 28.5 Å². The Hall–Kier alpha value is -3.20. The number of hydrogen-bond donors (Lipinski definition) is 1. The monoisotopic (exact) mass is 454 g/mol. The minimum absolute atomic E-state index is 0.203. The number of rotatable bonds is 7. The molecule has 1 N–H and O–H groups in total. The fourth-order valence-electron chi connectivity index (χ4n) is 3.66. The van der Waals surface area contributed by atoms with Crippen LogP contribution in [0.25, 0.3) is 5.70 Å². The Bertz CT molecular complexity index is 1180. The second-order valence-corrected chi connectivity index (χ2v) is 8.31. The van der Waals surface area contributed by atoms with Gasteiger partial charge >= 0.3 is 0 Å². The lowest BCUT2D eigenvalue weighted by molar-refractivity contribution is -0.116. The van der Waals surface area contributed by atoms with Gasteiger partial charge in [-0.15, -0.1) is 5.10 Å². The van der Waals surface area contributed by atoms with Gasteiger partial charge in [-0.2, -0.15) is 0 Å². The maximum Gasteiger partial charge on any atom is 0.276 e. The second-order valence-electron chi connectivity index (χ2n) is 7.22. The number of methoxy groups -OCH3 is 3. The minimum Gasteiger partial charge on any atom is -0.496 e. The number of unbranched alkanes of at least 4 members (excludes halogenated alkanes) is 1. The molecule has 1 unspecified atom stereocenters. The number of ether oxygens (including phenoxy) is 3. The van der Waals surface area contributed by atoms with Crippen LogP contribution in [0.4, 0.5) is 0 Å². The lowest BCUT2D eigenvalue weighted by atomic mass is 10.1. The highest BCUT2D eigenvalue weighted by molar-refractivity contribution is 8.13. The van der Waals surface area contributed by atoms with Crippen molar-refractivity contribution in [2.24, 2.45) is 10.1 Å². The molecule has 4 rings (SSSR count). The minimum atomic E-state index is -0.609. The molecule has 0 fully saturated rings. The molecule has 0 saturated heterocycles. The van der Waals surface area contributed by atoms with Gasteiger partial charge in [0.05, 0.1) is 26.7 Å². The van der Waals surface area contributed by atoms with Crippen LogP contribution in [0, 0.1) is 0 Å². The Morgan fingerprint density at radius 1 is 1.06 bits per heavy atom. The number of benzene rings is 2. The van der Waals surface area contributed by atoms with Crippen molar-refractivity contribution in [1.82, 2.24) is 10.3 Å². The molecule has 168 valence electrons. The smallest absolute Gasteiger partial charge is 0.276 e. The van der Waals surface area contributed by atoms with E-state index in [1.54, 1.807) is 32.4 Å². The predicted molar refractivity (Wildman–Crippen MR) is 124 cm³/mol. The molecular formula is C23H26N4O4S. The van der Waals surface area contributed by atoms with Crippen LogP contribution in [-0.2, 0) is 4.79 Å². The summed E-state index contributed by atoms with van der Waals surface area (Å²) in [4.78, 5) is 18.1. The van der Waals surface area contributed by atoms with Gasteiger partial charge in [-0.25, -0.2) is 5.01 Å². The van der Waals surface area contributed by atoms with Crippen LogP contribution in [0.5, 0.6) is 17.2 Å². The topological polar surface area (TPSA) is 84.8 Å². The third-order valence-electron chi connectivity index (χ3n) is 5.27. The summed E-state index contributed by atoms with van der Waals surface area (Å²) in [6.07, 6.45) is 1.50. The molecule has 0 aromatic heterocycles. The lowest BCUT2D eigenvalue weighted by Gasteiger charge is -2.34. The Morgan fingerprint density at radius 2 is 1.78 bits per heavy atom. The average Bonchev–Trinajstić information content (AvgIpc) is 2.82. The van der Waals surface area contributed by atoms with Gasteiger partial charge in [-0.1, -0.05) is 43.3 Å². The van der Waals surface area contributed by atoms with E-state index in [1.165, 1.54) is 11.8 Å². The fourth-order valence-corrected chi connectivity index (χ4v) is 4.60. The molecule has 2 aromatic rings. The van der Waals surface area contributed by atoms with Crippen LogP contribution in [-0.4, -0.2) is 43.2 Å². The van der Waals surface area contributed by atoms with Crippen LogP contribution in [0.15, 0.2) is 46.5 Å². The number of nitrogens with one attached hydrogen (secondary N) is 1. The number of thioether (sulfide) groups is 1. The Kier molecular flexibility index (Phi) is 6.55. The van der Waals surface area contributed by atoms with Gasteiger partial charge in [-0.05, 0) is 18.6 Å². The molecule has 2 aromatic carbocycles. The zero-order valence-electron chi connectivity index (χ0n) is 18.5. The first-order chi connectivity index (χ1) is 15.6. The molecule has 0 radical (unpaired) electrons. The van der Waals surface area contributed by atoms with Crippen LogP contribution in [0.2, 0.25) is 0 Å². The van der Waals surface area contributed by atoms with Gasteiger partial charge in [0.15, 0.2) is 22.8 Å². The lowest BCUT2D eigenvalue weighted by Crippen LogP contribution is -2.50. The van der Waals surface area contributed by atoms with Gasteiger partial charge in [-0.3, -0.25) is 15.1 Å². The van der Waals surface area contributed by atoms with Crippen molar-refractivity contribution in [2.45, 2.75) is 25.9 Å². The largest absolute Gasteiger partial charge is 0.496 e. The van der Waals surface area contributed by atoms with Gasteiger partial charge in [0, 0.05) is 22.6 Å². The maximum absolute atomic E-state index is 13.2. The number of hydrazone groups is 1. The van der Waals surface area contributed by atoms with Crippen LogP contribution in [0.1, 0.15) is 31.5 Å². The Balaban J connectivity index is 1.90. The highest BCUT2D eigenvalue weighted by atomic mass is 32.2. The summed E-state index contributed by atoms with van der Waals surface area (Å²) < 4.78 is 16.6. The van der Waals surface area contributed by atoms with E-state index in [0.29, 0.717) is 39.0 Å². The number of amides is 1. The molecule has 0 bridgehead atoms. The van der Waals surface area contributed by atoms with E-state index in [4.69, 9.17) is 24.3 Å². The SMILES string of the molecule is CCCCSC1=NN2C(=c3ccccc3=NC2c2cc(OC)c(OC)cc2OC)C(=O)N1. The van der Waals surface area contributed by atoms with E-state index in [0.717, 1.165) is 23.8 Å². The normalized spacial score (nSPS) is 16.9.